The normalized spacial score (nSPS) is 11.4. The number of ether oxygens (including phenoxy) is 1. The van der Waals surface area contributed by atoms with Crippen molar-refractivity contribution in [3.8, 4) is 11.5 Å². The molecule has 160 valence electrons. The van der Waals surface area contributed by atoms with Crippen molar-refractivity contribution in [1.29, 1.82) is 0 Å². The average molecular weight is 421 g/mol. The van der Waals surface area contributed by atoms with Gasteiger partial charge in [-0.2, -0.15) is 0 Å². The van der Waals surface area contributed by atoms with Gasteiger partial charge in [-0.3, -0.25) is 4.79 Å². The van der Waals surface area contributed by atoms with Gasteiger partial charge in [-0.05, 0) is 53.9 Å². The van der Waals surface area contributed by atoms with Gasteiger partial charge in [0.2, 0.25) is 5.91 Å². The Balaban J connectivity index is 1.61. The first kappa shape index (κ1) is 21.8. The highest BCUT2D eigenvalue weighted by Crippen LogP contribution is 2.26. The molecule has 0 saturated heterocycles. The predicted molar refractivity (Wildman–Crippen MR) is 116 cm³/mol. The minimum atomic E-state index is -0.724. The molecule has 0 aromatic heterocycles. The highest BCUT2D eigenvalue weighted by atomic mass is 19.1. The Morgan fingerprint density at radius 1 is 0.935 bits per heavy atom. The Morgan fingerprint density at radius 3 is 2.35 bits per heavy atom. The highest BCUT2D eigenvalue weighted by Gasteiger charge is 2.18. The molecular formula is C24H24FN3O3. The second-order valence-electron chi connectivity index (χ2n) is 6.98. The average Bonchev–Trinajstić information content (AvgIpc) is 2.75. The number of nitrogens with two attached hydrogens (primary N) is 1. The first-order chi connectivity index (χ1) is 15.0. The Hall–Kier alpha value is -3.87. The topological polar surface area (TPSA) is 93.5 Å². The van der Waals surface area contributed by atoms with Crippen LogP contribution < -0.4 is 21.1 Å². The van der Waals surface area contributed by atoms with E-state index in [4.69, 9.17) is 10.5 Å². The minimum absolute atomic E-state index is 0.0150. The SMILES string of the molecule is NC(=O)N[C@@H](CC(=O)NCCc1ccc(F)cc1)c1cccc(Oc2ccccc2)c1. The van der Waals surface area contributed by atoms with E-state index in [0.717, 1.165) is 5.56 Å². The van der Waals surface area contributed by atoms with E-state index < -0.39 is 12.1 Å². The zero-order chi connectivity index (χ0) is 22.1. The maximum absolute atomic E-state index is 13.0. The van der Waals surface area contributed by atoms with Gasteiger partial charge < -0.3 is 21.1 Å². The van der Waals surface area contributed by atoms with E-state index in [-0.39, 0.29) is 18.1 Å². The van der Waals surface area contributed by atoms with Crippen LogP contribution in [0.5, 0.6) is 11.5 Å². The summed E-state index contributed by atoms with van der Waals surface area (Å²) < 4.78 is 18.8. The summed E-state index contributed by atoms with van der Waals surface area (Å²) >= 11 is 0. The number of para-hydroxylation sites is 1. The van der Waals surface area contributed by atoms with Gasteiger partial charge >= 0.3 is 6.03 Å². The summed E-state index contributed by atoms with van der Waals surface area (Å²) in [6.07, 6.45) is 0.585. The molecule has 3 rings (SSSR count). The van der Waals surface area contributed by atoms with Gasteiger partial charge in [0.1, 0.15) is 17.3 Å². The molecule has 0 saturated carbocycles. The fraction of sp³-hybridized carbons (Fsp3) is 0.167. The summed E-state index contributed by atoms with van der Waals surface area (Å²) in [5, 5.41) is 5.43. The lowest BCUT2D eigenvalue weighted by Crippen LogP contribution is -2.37. The summed E-state index contributed by atoms with van der Waals surface area (Å²) in [7, 11) is 0. The second-order valence-corrected chi connectivity index (χ2v) is 6.98. The van der Waals surface area contributed by atoms with Crippen LogP contribution in [-0.4, -0.2) is 18.5 Å². The number of nitrogens with one attached hydrogen (secondary N) is 2. The Labute approximate surface area is 180 Å². The van der Waals surface area contributed by atoms with Gasteiger partial charge in [0.15, 0.2) is 0 Å². The van der Waals surface area contributed by atoms with Gasteiger partial charge in [-0.25, -0.2) is 9.18 Å². The maximum atomic E-state index is 13.0. The molecule has 3 amide bonds. The van der Waals surface area contributed by atoms with Crippen LogP contribution in [0.25, 0.3) is 0 Å². The molecular weight excluding hydrogens is 397 g/mol. The lowest BCUT2D eigenvalue weighted by molar-refractivity contribution is -0.121. The zero-order valence-electron chi connectivity index (χ0n) is 16.9. The number of urea groups is 1. The predicted octanol–water partition coefficient (Wildman–Crippen LogP) is 4.08. The molecule has 7 heteroatoms. The monoisotopic (exact) mass is 421 g/mol. The minimum Gasteiger partial charge on any atom is -0.457 e. The first-order valence-corrected chi connectivity index (χ1v) is 9.89. The van der Waals surface area contributed by atoms with Crippen LogP contribution in [0.15, 0.2) is 78.9 Å². The number of rotatable bonds is 9. The van der Waals surface area contributed by atoms with Crippen LogP contribution in [0.2, 0.25) is 0 Å². The van der Waals surface area contributed by atoms with E-state index in [0.29, 0.717) is 30.0 Å². The molecule has 6 nitrogen and oxygen atoms in total. The van der Waals surface area contributed by atoms with Crippen LogP contribution in [0.1, 0.15) is 23.6 Å². The third-order valence-corrected chi connectivity index (χ3v) is 4.59. The van der Waals surface area contributed by atoms with E-state index in [9.17, 15) is 14.0 Å². The molecule has 0 heterocycles. The fourth-order valence-corrected chi connectivity index (χ4v) is 3.10. The first-order valence-electron chi connectivity index (χ1n) is 9.89. The van der Waals surface area contributed by atoms with Crippen molar-refractivity contribution in [2.75, 3.05) is 6.54 Å². The van der Waals surface area contributed by atoms with Crippen molar-refractivity contribution in [3.63, 3.8) is 0 Å². The van der Waals surface area contributed by atoms with Crippen molar-refractivity contribution < 1.29 is 18.7 Å². The molecule has 0 aliphatic rings. The molecule has 0 fully saturated rings. The molecule has 4 N–H and O–H groups in total. The molecule has 0 spiro atoms. The van der Waals surface area contributed by atoms with Crippen LogP contribution in [0, 0.1) is 5.82 Å². The number of benzene rings is 3. The lowest BCUT2D eigenvalue weighted by Gasteiger charge is -2.19. The summed E-state index contributed by atoms with van der Waals surface area (Å²) in [5.74, 6) is 0.719. The van der Waals surface area contributed by atoms with Crippen molar-refractivity contribution >= 4 is 11.9 Å². The van der Waals surface area contributed by atoms with Crippen molar-refractivity contribution in [1.82, 2.24) is 10.6 Å². The largest absolute Gasteiger partial charge is 0.457 e. The number of hydrogen-bond acceptors (Lipinski definition) is 3. The van der Waals surface area contributed by atoms with Crippen LogP contribution in [0.4, 0.5) is 9.18 Å². The molecule has 0 aliphatic heterocycles. The Bertz CT molecular complexity index is 1010. The quantitative estimate of drug-likeness (QED) is 0.486. The fourth-order valence-electron chi connectivity index (χ4n) is 3.10. The number of carbonyl (C=O) groups is 2. The third-order valence-electron chi connectivity index (χ3n) is 4.59. The zero-order valence-corrected chi connectivity index (χ0v) is 16.9. The highest BCUT2D eigenvalue weighted by molar-refractivity contribution is 5.78. The van der Waals surface area contributed by atoms with Crippen LogP contribution in [0.3, 0.4) is 0 Å². The van der Waals surface area contributed by atoms with E-state index in [1.54, 1.807) is 36.4 Å². The van der Waals surface area contributed by atoms with Crippen molar-refractivity contribution in [2.24, 2.45) is 5.73 Å². The van der Waals surface area contributed by atoms with E-state index in [2.05, 4.69) is 10.6 Å². The molecule has 0 radical (unpaired) electrons. The van der Waals surface area contributed by atoms with Gasteiger partial charge in [0.05, 0.1) is 12.5 Å². The summed E-state index contributed by atoms with van der Waals surface area (Å²) in [6.45, 7) is 0.394. The molecule has 3 aromatic rings. The molecule has 0 bridgehead atoms. The molecule has 0 unspecified atom stereocenters. The summed E-state index contributed by atoms with van der Waals surface area (Å²) in [5.41, 5.74) is 6.92. The molecule has 31 heavy (non-hydrogen) atoms. The summed E-state index contributed by atoms with van der Waals surface area (Å²) in [4.78, 5) is 23.9. The van der Waals surface area contributed by atoms with Gasteiger partial charge in [-0.15, -0.1) is 0 Å². The number of amides is 3. The molecule has 3 aromatic carbocycles. The maximum Gasteiger partial charge on any atom is 0.312 e. The number of halogens is 1. The van der Waals surface area contributed by atoms with Gasteiger partial charge in [0.25, 0.3) is 0 Å². The lowest BCUT2D eigenvalue weighted by atomic mass is 10.0. The van der Waals surface area contributed by atoms with Gasteiger partial charge in [-0.1, -0.05) is 42.5 Å². The van der Waals surface area contributed by atoms with E-state index in [1.165, 1.54) is 12.1 Å². The van der Waals surface area contributed by atoms with Crippen molar-refractivity contribution in [2.45, 2.75) is 18.9 Å². The molecule has 1 atom stereocenters. The Morgan fingerprint density at radius 2 is 1.65 bits per heavy atom. The number of hydrogen-bond donors (Lipinski definition) is 3. The second kappa shape index (κ2) is 10.8. The molecule has 0 aliphatic carbocycles. The number of carbonyl (C=O) groups excluding carboxylic acids is 2. The standard InChI is InChI=1S/C24H24FN3O3/c25-19-11-9-17(10-12-19)13-14-27-23(29)16-22(28-24(26)30)18-5-4-8-21(15-18)31-20-6-2-1-3-7-20/h1-12,15,22H,13-14,16H2,(H,27,29)(H3,26,28,30)/t22-/m0/s1. The van der Waals surface area contributed by atoms with Crippen LogP contribution >= 0.6 is 0 Å². The van der Waals surface area contributed by atoms with E-state index >= 15 is 0 Å². The van der Waals surface area contributed by atoms with Crippen molar-refractivity contribution in [3.05, 3.63) is 95.8 Å². The number of primary amides is 1. The Kier molecular flexibility index (Phi) is 7.59. The smallest absolute Gasteiger partial charge is 0.312 e. The van der Waals surface area contributed by atoms with Crippen LogP contribution in [-0.2, 0) is 11.2 Å². The van der Waals surface area contributed by atoms with E-state index in [1.807, 2.05) is 30.3 Å². The van der Waals surface area contributed by atoms with Gasteiger partial charge in [0, 0.05) is 6.54 Å². The third kappa shape index (κ3) is 7.15. The summed E-state index contributed by atoms with van der Waals surface area (Å²) in [6, 6.07) is 21.2.